The van der Waals surface area contributed by atoms with E-state index in [1.807, 2.05) is 6.08 Å². The minimum Gasteiger partial charge on any atom is -0.171 e. The van der Waals surface area contributed by atoms with Crippen LogP contribution in [0.4, 0.5) is 13.2 Å². The molecule has 0 nitrogen and oxygen atoms in total. The van der Waals surface area contributed by atoms with Crippen LogP contribution in [0.25, 0.3) is 0 Å². The molecule has 0 aliphatic heterocycles. The summed E-state index contributed by atoms with van der Waals surface area (Å²) < 4.78 is 37.2. The first-order chi connectivity index (χ1) is 6.45. The summed E-state index contributed by atoms with van der Waals surface area (Å²) in [6.07, 6.45) is 0.970. The van der Waals surface area contributed by atoms with Crippen molar-refractivity contribution in [1.82, 2.24) is 0 Å². The van der Waals surface area contributed by atoms with Crippen LogP contribution in [-0.4, -0.2) is 6.18 Å². The lowest BCUT2D eigenvalue weighted by Crippen LogP contribution is -2.30. The minimum absolute atomic E-state index is 0.175. The molecule has 82 valence electrons. The van der Waals surface area contributed by atoms with Crippen molar-refractivity contribution < 1.29 is 13.2 Å². The van der Waals surface area contributed by atoms with Gasteiger partial charge < -0.3 is 0 Å². The van der Waals surface area contributed by atoms with Crippen molar-refractivity contribution in [2.45, 2.75) is 38.8 Å². The number of alkyl halides is 3. The van der Waals surface area contributed by atoms with Crippen LogP contribution in [0, 0.1) is 17.8 Å². The summed E-state index contributed by atoms with van der Waals surface area (Å²) in [6, 6.07) is 0. The molecule has 1 rings (SSSR count). The van der Waals surface area contributed by atoms with E-state index in [1.54, 1.807) is 0 Å². The molecule has 1 aliphatic rings. The van der Waals surface area contributed by atoms with Crippen LogP contribution < -0.4 is 0 Å². The van der Waals surface area contributed by atoms with Crippen LogP contribution in [0.15, 0.2) is 12.7 Å². The smallest absolute Gasteiger partial charge is 0.171 e. The van der Waals surface area contributed by atoms with E-state index < -0.39 is 12.1 Å². The Kier molecular flexibility index (Phi) is 3.62. The molecule has 1 aliphatic carbocycles. The topological polar surface area (TPSA) is 0 Å². The highest BCUT2D eigenvalue weighted by Gasteiger charge is 2.41. The van der Waals surface area contributed by atoms with Gasteiger partial charge in [0, 0.05) is 0 Å². The Balaban J connectivity index is 2.45. The van der Waals surface area contributed by atoms with E-state index in [4.69, 9.17) is 0 Å². The van der Waals surface area contributed by atoms with Crippen molar-refractivity contribution in [1.29, 1.82) is 0 Å². The van der Waals surface area contributed by atoms with Gasteiger partial charge in [0.2, 0.25) is 0 Å². The molecule has 0 bridgehead atoms. The molecule has 0 heterocycles. The third-order valence-corrected chi connectivity index (χ3v) is 3.37. The SMILES string of the molecule is C=CC1CCC(C(C)C(F)(F)F)CC1. The number of hydrogen-bond acceptors (Lipinski definition) is 0. The molecule has 0 N–H and O–H groups in total. The summed E-state index contributed by atoms with van der Waals surface area (Å²) in [5.74, 6) is -0.883. The van der Waals surface area contributed by atoms with Gasteiger partial charge in [-0.25, -0.2) is 0 Å². The summed E-state index contributed by atoms with van der Waals surface area (Å²) >= 11 is 0. The highest BCUT2D eigenvalue weighted by molar-refractivity contribution is 4.86. The van der Waals surface area contributed by atoms with Crippen molar-refractivity contribution in [3.05, 3.63) is 12.7 Å². The average Bonchev–Trinajstić information content (AvgIpc) is 2.15. The van der Waals surface area contributed by atoms with Gasteiger partial charge in [-0.1, -0.05) is 13.0 Å². The molecule has 1 unspecified atom stereocenters. The monoisotopic (exact) mass is 206 g/mol. The quantitative estimate of drug-likeness (QED) is 0.594. The summed E-state index contributed by atoms with van der Waals surface area (Å²) in [6.45, 7) is 4.99. The maximum Gasteiger partial charge on any atom is 0.391 e. The van der Waals surface area contributed by atoms with E-state index in [9.17, 15) is 13.2 Å². The molecule has 0 aromatic heterocycles. The van der Waals surface area contributed by atoms with Crippen LogP contribution in [0.2, 0.25) is 0 Å². The van der Waals surface area contributed by atoms with E-state index in [0.717, 1.165) is 12.8 Å². The van der Waals surface area contributed by atoms with Gasteiger partial charge in [-0.15, -0.1) is 6.58 Å². The second-order valence-corrected chi connectivity index (χ2v) is 4.24. The van der Waals surface area contributed by atoms with Gasteiger partial charge in [0.05, 0.1) is 5.92 Å². The van der Waals surface area contributed by atoms with Crippen molar-refractivity contribution in [3.63, 3.8) is 0 Å². The molecular weight excluding hydrogens is 189 g/mol. The van der Waals surface area contributed by atoms with Gasteiger partial charge in [0.15, 0.2) is 0 Å². The van der Waals surface area contributed by atoms with Gasteiger partial charge in [-0.05, 0) is 37.5 Å². The highest BCUT2D eigenvalue weighted by Crippen LogP contribution is 2.40. The summed E-state index contributed by atoms with van der Waals surface area (Å²) in [5.41, 5.74) is 0. The molecular formula is C11H17F3. The van der Waals surface area contributed by atoms with Gasteiger partial charge in [0.1, 0.15) is 0 Å². The molecule has 14 heavy (non-hydrogen) atoms. The zero-order valence-corrected chi connectivity index (χ0v) is 8.48. The summed E-state index contributed by atoms with van der Waals surface area (Å²) in [7, 11) is 0. The maximum atomic E-state index is 12.4. The van der Waals surface area contributed by atoms with Crippen LogP contribution in [0.1, 0.15) is 32.6 Å². The second kappa shape index (κ2) is 4.37. The lowest BCUT2D eigenvalue weighted by atomic mass is 9.76. The molecule has 0 amide bonds. The van der Waals surface area contributed by atoms with Gasteiger partial charge in [-0.2, -0.15) is 13.2 Å². The average molecular weight is 206 g/mol. The molecule has 3 heteroatoms. The molecule has 0 aromatic carbocycles. The van der Waals surface area contributed by atoms with E-state index in [2.05, 4.69) is 6.58 Å². The number of halogens is 3. The molecule has 1 saturated carbocycles. The molecule has 0 aromatic rings. The standard InChI is InChI=1S/C11H17F3/c1-3-9-4-6-10(7-5-9)8(2)11(12,13)14/h3,8-10H,1,4-7H2,2H3. The minimum atomic E-state index is -4.02. The fraction of sp³-hybridized carbons (Fsp3) is 0.818. The van der Waals surface area contributed by atoms with E-state index in [-0.39, 0.29) is 5.92 Å². The Bertz CT molecular complexity index is 187. The van der Waals surface area contributed by atoms with E-state index in [1.165, 1.54) is 6.92 Å². The Labute approximate surface area is 83.2 Å². The van der Waals surface area contributed by atoms with Crippen molar-refractivity contribution in [3.8, 4) is 0 Å². The molecule has 0 spiro atoms. The van der Waals surface area contributed by atoms with Crippen molar-refractivity contribution in [2.24, 2.45) is 17.8 Å². The predicted octanol–water partition coefficient (Wildman–Crippen LogP) is 4.18. The van der Waals surface area contributed by atoms with Crippen LogP contribution >= 0.6 is 0 Å². The third-order valence-electron chi connectivity index (χ3n) is 3.37. The van der Waals surface area contributed by atoms with E-state index in [0.29, 0.717) is 18.8 Å². The fourth-order valence-corrected chi connectivity index (χ4v) is 2.15. The van der Waals surface area contributed by atoms with Crippen LogP contribution in [0.3, 0.4) is 0 Å². The summed E-state index contributed by atoms with van der Waals surface area (Å²) in [4.78, 5) is 0. The van der Waals surface area contributed by atoms with Gasteiger partial charge in [0.25, 0.3) is 0 Å². The van der Waals surface area contributed by atoms with Gasteiger partial charge >= 0.3 is 6.18 Å². The maximum absolute atomic E-state index is 12.4. The lowest BCUT2D eigenvalue weighted by Gasteiger charge is -2.31. The largest absolute Gasteiger partial charge is 0.391 e. The predicted molar refractivity (Wildman–Crippen MR) is 50.9 cm³/mol. The van der Waals surface area contributed by atoms with Gasteiger partial charge in [-0.3, -0.25) is 0 Å². The third kappa shape index (κ3) is 2.76. The lowest BCUT2D eigenvalue weighted by molar-refractivity contribution is -0.186. The van der Waals surface area contributed by atoms with Crippen LogP contribution in [0.5, 0.6) is 0 Å². The molecule has 0 radical (unpaired) electrons. The molecule has 0 saturated heterocycles. The summed E-state index contributed by atoms with van der Waals surface area (Å²) in [5, 5.41) is 0. The Morgan fingerprint density at radius 3 is 2.07 bits per heavy atom. The number of allylic oxidation sites excluding steroid dienone is 1. The zero-order chi connectivity index (χ0) is 10.8. The van der Waals surface area contributed by atoms with Crippen molar-refractivity contribution in [2.75, 3.05) is 0 Å². The Hall–Kier alpha value is -0.470. The number of rotatable bonds is 2. The first-order valence-corrected chi connectivity index (χ1v) is 5.14. The normalized spacial score (nSPS) is 31.1. The first-order valence-electron chi connectivity index (χ1n) is 5.14. The van der Waals surface area contributed by atoms with E-state index >= 15 is 0 Å². The Morgan fingerprint density at radius 1 is 1.21 bits per heavy atom. The number of hydrogen-bond donors (Lipinski definition) is 0. The highest BCUT2D eigenvalue weighted by atomic mass is 19.4. The molecule has 1 atom stereocenters. The van der Waals surface area contributed by atoms with Crippen molar-refractivity contribution >= 4 is 0 Å². The van der Waals surface area contributed by atoms with Crippen LogP contribution in [-0.2, 0) is 0 Å². The fourth-order valence-electron chi connectivity index (χ4n) is 2.15. The molecule has 1 fully saturated rings. The Morgan fingerprint density at radius 2 is 1.71 bits per heavy atom. The second-order valence-electron chi connectivity index (χ2n) is 4.24. The zero-order valence-electron chi connectivity index (χ0n) is 8.48. The first kappa shape index (κ1) is 11.6.